The molecule has 0 amide bonds. The number of carbonyl (C=O) groups is 1. The van der Waals surface area contributed by atoms with E-state index in [2.05, 4.69) is 17.0 Å². The van der Waals surface area contributed by atoms with E-state index in [4.69, 9.17) is 4.74 Å². The summed E-state index contributed by atoms with van der Waals surface area (Å²) in [5.74, 6) is 0.697. The first kappa shape index (κ1) is 18.3. The van der Waals surface area contributed by atoms with Gasteiger partial charge in [-0.05, 0) is 35.9 Å². The Hall–Kier alpha value is -3.10. The van der Waals surface area contributed by atoms with Crippen LogP contribution in [0.2, 0.25) is 0 Å². The number of ether oxygens (including phenoxy) is 1. The van der Waals surface area contributed by atoms with Crippen molar-refractivity contribution in [1.82, 2.24) is 19.3 Å². The summed E-state index contributed by atoms with van der Waals surface area (Å²) in [5, 5.41) is 4.63. The zero-order chi connectivity index (χ0) is 19.7. The molecule has 4 aromatic rings. The van der Waals surface area contributed by atoms with Crippen molar-refractivity contribution in [2.45, 2.75) is 19.6 Å². The van der Waals surface area contributed by atoms with Crippen LogP contribution in [0.15, 0.2) is 53.6 Å². The zero-order valence-corrected chi connectivity index (χ0v) is 16.2. The van der Waals surface area contributed by atoms with Crippen LogP contribution in [0.3, 0.4) is 0 Å². The third-order valence-corrected chi connectivity index (χ3v) is 5.59. The van der Waals surface area contributed by atoms with Crippen molar-refractivity contribution in [3.8, 4) is 5.82 Å². The summed E-state index contributed by atoms with van der Waals surface area (Å²) in [6.45, 7) is 2.32. The lowest BCUT2D eigenvalue weighted by Crippen LogP contribution is -2.13. The maximum atomic E-state index is 12.1. The molecule has 0 saturated carbocycles. The summed E-state index contributed by atoms with van der Waals surface area (Å²) in [6, 6.07) is 11.4. The van der Waals surface area contributed by atoms with E-state index in [-0.39, 0.29) is 17.5 Å². The second-order valence-electron chi connectivity index (χ2n) is 6.42. The Kier molecular flexibility index (Phi) is 4.89. The molecular weight excluding hydrogens is 376 g/mol. The van der Waals surface area contributed by atoms with Crippen molar-refractivity contribution in [2.75, 3.05) is 7.11 Å². The number of aldehydes is 1. The Labute approximate surface area is 164 Å². The molecular formula is C20H18N4O3S. The molecule has 0 fully saturated rings. The number of pyridine rings is 1. The van der Waals surface area contributed by atoms with E-state index in [9.17, 15) is 9.59 Å². The lowest BCUT2D eigenvalue weighted by atomic mass is 9.98. The molecule has 28 heavy (non-hydrogen) atoms. The van der Waals surface area contributed by atoms with E-state index in [1.165, 1.54) is 17.5 Å². The molecule has 0 N–H and O–H groups in total. The molecule has 3 heterocycles. The van der Waals surface area contributed by atoms with Crippen LogP contribution in [-0.2, 0) is 11.5 Å². The Morgan fingerprint density at radius 1 is 1.25 bits per heavy atom. The Balaban J connectivity index is 1.64. The van der Waals surface area contributed by atoms with Crippen LogP contribution in [-0.4, -0.2) is 32.7 Å². The van der Waals surface area contributed by atoms with E-state index in [1.807, 2.05) is 30.5 Å². The molecule has 0 aliphatic rings. The quantitative estimate of drug-likeness (QED) is 0.469. The van der Waals surface area contributed by atoms with Gasteiger partial charge in [0.25, 0.3) is 0 Å². The molecule has 142 valence electrons. The smallest absolute Gasteiger partial charge is 0.310 e. The third kappa shape index (κ3) is 3.28. The van der Waals surface area contributed by atoms with Crippen LogP contribution >= 0.6 is 11.3 Å². The summed E-state index contributed by atoms with van der Waals surface area (Å²) in [5.41, 5.74) is 3.37. The van der Waals surface area contributed by atoms with Gasteiger partial charge in [-0.3, -0.25) is 14.2 Å². The van der Waals surface area contributed by atoms with Gasteiger partial charge in [-0.25, -0.2) is 9.67 Å². The van der Waals surface area contributed by atoms with E-state index in [0.29, 0.717) is 11.4 Å². The van der Waals surface area contributed by atoms with E-state index < -0.39 is 0 Å². The summed E-state index contributed by atoms with van der Waals surface area (Å²) in [6.07, 6.45) is 4.13. The summed E-state index contributed by atoms with van der Waals surface area (Å²) in [7, 11) is 1.57. The van der Waals surface area contributed by atoms with Gasteiger partial charge >= 0.3 is 4.87 Å². The summed E-state index contributed by atoms with van der Waals surface area (Å²) < 4.78 is 9.35. The summed E-state index contributed by atoms with van der Waals surface area (Å²) >= 11 is 1.21. The van der Waals surface area contributed by atoms with Gasteiger partial charge in [0.15, 0.2) is 12.1 Å². The van der Waals surface area contributed by atoms with Crippen molar-refractivity contribution in [2.24, 2.45) is 0 Å². The van der Waals surface area contributed by atoms with Gasteiger partial charge in [0.2, 0.25) is 0 Å². The average Bonchev–Trinajstić information content (AvgIpc) is 3.33. The van der Waals surface area contributed by atoms with Crippen molar-refractivity contribution < 1.29 is 9.53 Å². The number of rotatable bonds is 6. The van der Waals surface area contributed by atoms with Gasteiger partial charge in [0.05, 0.1) is 15.9 Å². The SMILES string of the molecule is COCn1c(=O)sc2cc(C(C)c3ccn(-c4ccc(C=O)cn4)n3)ccc21. The number of fused-ring (bicyclic) bond motifs is 1. The van der Waals surface area contributed by atoms with Gasteiger partial charge in [0.1, 0.15) is 6.73 Å². The van der Waals surface area contributed by atoms with Crippen molar-refractivity contribution in [3.63, 3.8) is 0 Å². The second-order valence-corrected chi connectivity index (χ2v) is 7.41. The summed E-state index contributed by atoms with van der Waals surface area (Å²) in [4.78, 5) is 27.1. The highest BCUT2D eigenvalue weighted by Gasteiger charge is 2.15. The first-order chi connectivity index (χ1) is 13.6. The normalized spacial score (nSPS) is 12.4. The lowest BCUT2D eigenvalue weighted by molar-refractivity contribution is 0.112. The fourth-order valence-corrected chi connectivity index (χ4v) is 4.00. The highest BCUT2D eigenvalue weighted by Crippen LogP contribution is 2.27. The Morgan fingerprint density at radius 2 is 2.11 bits per heavy atom. The standard InChI is InChI=1S/C20H18N4O3S/c1-13(15-4-5-17-18(9-15)28-20(26)23(17)12-27-2)16-7-8-24(22-16)19-6-3-14(11-25)10-21-19/h3-11,13H,12H2,1-2H3. The molecule has 0 aliphatic heterocycles. The van der Waals surface area contributed by atoms with E-state index in [0.717, 1.165) is 27.8 Å². The fraction of sp³-hybridized carbons (Fsp3) is 0.200. The number of hydrogen-bond acceptors (Lipinski definition) is 6. The lowest BCUT2D eigenvalue weighted by Gasteiger charge is -2.10. The van der Waals surface area contributed by atoms with Gasteiger partial charge < -0.3 is 4.74 Å². The maximum absolute atomic E-state index is 12.1. The maximum Gasteiger partial charge on any atom is 0.310 e. The molecule has 0 saturated heterocycles. The highest BCUT2D eigenvalue weighted by atomic mass is 32.1. The molecule has 3 aromatic heterocycles. The predicted molar refractivity (Wildman–Crippen MR) is 107 cm³/mol. The van der Waals surface area contributed by atoms with E-state index >= 15 is 0 Å². The highest BCUT2D eigenvalue weighted by molar-refractivity contribution is 7.16. The van der Waals surface area contributed by atoms with Crippen LogP contribution in [0, 0.1) is 0 Å². The first-order valence-electron chi connectivity index (χ1n) is 8.70. The van der Waals surface area contributed by atoms with Crippen molar-refractivity contribution in [1.29, 1.82) is 0 Å². The molecule has 0 bridgehead atoms. The molecule has 1 atom stereocenters. The number of methoxy groups -OCH3 is 1. The third-order valence-electron chi connectivity index (χ3n) is 4.65. The van der Waals surface area contributed by atoms with Gasteiger partial charge in [-0.1, -0.05) is 24.3 Å². The molecule has 0 radical (unpaired) electrons. The average molecular weight is 394 g/mol. The Morgan fingerprint density at radius 3 is 2.82 bits per heavy atom. The van der Waals surface area contributed by atoms with Crippen molar-refractivity contribution >= 4 is 27.8 Å². The largest absolute Gasteiger partial charge is 0.364 e. The van der Waals surface area contributed by atoms with Crippen LogP contribution < -0.4 is 4.87 Å². The van der Waals surface area contributed by atoms with Crippen LogP contribution in [0.4, 0.5) is 0 Å². The molecule has 0 aliphatic carbocycles. The van der Waals surface area contributed by atoms with Gasteiger partial charge in [-0.2, -0.15) is 5.10 Å². The number of carbonyl (C=O) groups excluding carboxylic acids is 1. The molecule has 7 nitrogen and oxygen atoms in total. The molecule has 0 spiro atoms. The molecule has 4 rings (SSSR count). The second kappa shape index (κ2) is 7.49. The zero-order valence-electron chi connectivity index (χ0n) is 15.4. The number of thiazole rings is 1. The Bertz CT molecular complexity index is 1190. The number of nitrogens with zero attached hydrogens (tertiary/aromatic N) is 4. The minimum absolute atomic E-state index is 0.0317. The fourth-order valence-electron chi connectivity index (χ4n) is 3.07. The monoisotopic (exact) mass is 394 g/mol. The van der Waals surface area contributed by atoms with Crippen molar-refractivity contribution in [3.05, 3.63) is 75.3 Å². The van der Waals surface area contributed by atoms with Crippen LogP contribution in [0.5, 0.6) is 0 Å². The molecule has 1 unspecified atom stereocenters. The van der Waals surface area contributed by atoms with Crippen LogP contribution in [0.25, 0.3) is 16.0 Å². The minimum Gasteiger partial charge on any atom is -0.364 e. The van der Waals surface area contributed by atoms with E-state index in [1.54, 1.807) is 28.5 Å². The van der Waals surface area contributed by atoms with Gasteiger partial charge in [0, 0.05) is 31.0 Å². The van der Waals surface area contributed by atoms with Crippen LogP contribution in [0.1, 0.15) is 34.5 Å². The molecule has 8 heteroatoms. The van der Waals surface area contributed by atoms with Gasteiger partial charge in [-0.15, -0.1) is 0 Å². The molecule has 1 aromatic carbocycles. The number of hydrogen-bond donors (Lipinski definition) is 0. The first-order valence-corrected chi connectivity index (χ1v) is 9.51. The minimum atomic E-state index is -0.0317. The predicted octanol–water partition coefficient (Wildman–Crippen LogP) is 3.21. The number of benzene rings is 1. The number of aromatic nitrogens is 4. The topological polar surface area (TPSA) is 79.0 Å².